The summed E-state index contributed by atoms with van der Waals surface area (Å²) in [5, 5.41) is 0. The molecule has 0 unspecified atom stereocenters. The van der Waals surface area contributed by atoms with E-state index in [1.54, 1.807) is 20.9 Å². The number of esters is 1. The Morgan fingerprint density at radius 2 is 2.00 bits per heavy atom. The van der Waals surface area contributed by atoms with E-state index in [4.69, 9.17) is 4.74 Å². The minimum absolute atomic E-state index is 0.184. The van der Waals surface area contributed by atoms with Gasteiger partial charge in [0.2, 0.25) is 0 Å². The summed E-state index contributed by atoms with van der Waals surface area (Å²) in [7, 11) is 2.98. The lowest BCUT2D eigenvalue weighted by Gasteiger charge is -2.24. The molecule has 5 nitrogen and oxygen atoms in total. The Labute approximate surface area is 102 Å². The molecule has 0 fully saturated rings. The van der Waals surface area contributed by atoms with Gasteiger partial charge >= 0.3 is 12.1 Å². The van der Waals surface area contributed by atoms with Crippen LogP contribution in [0.2, 0.25) is 0 Å². The standard InChI is InChI=1S/C12H21NO4/c1-6-9-17-11(15)13(4)8-7-12(2,3)10(14)16-5/h6H,1,7-9H2,2-5H3. The SMILES string of the molecule is C=CCOC(=O)N(C)CCC(C)(C)C(=O)OC. The van der Waals surface area contributed by atoms with Crippen molar-refractivity contribution in [3.8, 4) is 0 Å². The first-order valence-corrected chi connectivity index (χ1v) is 5.42. The molecule has 5 heteroatoms. The summed E-state index contributed by atoms with van der Waals surface area (Å²) in [4.78, 5) is 24.2. The van der Waals surface area contributed by atoms with Gasteiger partial charge in [0, 0.05) is 13.6 Å². The third-order valence-corrected chi connectivity index (χ3v) is 2.45. The fourth-order valence-electron chi connectivity index (χ4n) is 1.16. The van der Waals surface area contributed by atoms with Crippen molar-refractivity contribution in [3.05, 3.63) is 12.7 Å². The highest BCUT2D eigenvalue weighted by molar-refractivity contribution is 5.75. The van der Waals surface area contributed by atoms with E-state index in [0.29, 0.717) is 13.0 Å². The normalized spacial score (nSPS) is 10.6. The number of amides is 1. The van der Waals surface area contributed by atoms with Crippen LogP contribution in [-0.2, 0) is 14.3 Å². The predicted molar refractivity (Wildman–Crippen MR) is 64.6 cm³/mol. The van der Waals surface area contributed by atoms with E-state index < -0.39 is 11.5 Å². The number of carbonyl (C=O) groups is 2. The highest BCUT2D eigenvalue weighted by Crippen LogP contribution is 2.22. The highest BCUT2D eigenvalue weighted by atomic mass is 16.6. The predicted octanol–water partition coefficient (Wildman–Crippen LogP) is 1.83. The van der Waals surface area contributed by atoms with Crippen LogP contribution >= 0.6 is 0 Å². The number of nitrogens with zero attached hydrogens (tertiary/aromatic N) is 1. The van der Waals surface area contributed by atoms with E-state index in [1.807, 2.05) is 0 Å². The van der Waals surface area contributed by atoms with Crippen LogP contribution in [0.15, 0.2) is 12.7 Å². The van der Waals surface area contributed by atoms with Gasteiger partial charge in [-0.15, -0.1) is 0 Å². The van der Waals surface area contributed by atoms with Gasteiger partial charge in [-0.2, -0.15) is 0 Å². The largest absolute Gasteiger partial charge is 0.469 e. The molecule has 0 rings (SSSR count). The van der Waals surface area contributed by atoms with Crippen molar-refractivity contribution in [2.75, 3.05) is 27.3 Å². The Morgan fingerprint density at radius 3 is 2.47 bits per heavy atom. The molecule has 1 amide bonds. The minimum atomic E-state index is -0.609. The van der Waals surface area contributed by atoms with Crippen LogP contribution < -0.4 is 0 Å². The molecule has 0 spiro atoms. The van der Waals surface area contributed by atoms with Crippen molar-refractivity contribution < 1.29 is 19.1 Å². The molecular formula is C12H21NO4. The first-order chi connectivity index (χ1) is 7.85. The van der Waals surface area contributed by atoms with Gasteiger partial charge < -0.3 is 14.4 Å². The van der Waals surface area contributed by atoms with Gasteiger partial charge in [-0.3, -0.25) is 4.79 Å². The Kier molecular flexibility index (Phi) is 6.31. The number of carbonyl (C=O) groups excluding carboxylic acids is 2. The van der Waals surface area contributed by atoms with Gasteiger partial charge in [-0.1, -0.05) is 12.7 Å². The molecule has 0 aliphatic carbocycles. The lowest BCUT2D eigenvalue weighted by molar-refractivity contribution is -0.151. The number of hydrogen-bond acceptors (Lipinski definition) is 4. The van der Waals surface area contributed by atoms with Crippen LogP contribution in [0.3, 0.4) is 0 Å². The summed E-state index contributed by atoms with van der Waals surface area (Å²) in [5.74, 6) is -0.287. The maximum atomic E-state index is 11.4. The van der Waals surface area contributed by atoms with E-state index in [9.17, 15) is 9.59 Å². The molecular weight excluding hydrogens is 222 g/mol. The molecule has 0 aliphatic rings. The zero-order valence-corrected chi connectivity index (χ0v) is 11.0. The molecule has 0 bridgehead atoms. The van der Waals surface area contributed by atoms with Crippen molar-refractivity contribution in [1.82, 2.24) is 4.90 Å². The smallest absolute Gasteiger partial charge is 0.409 e. The monoisotopic (exact) mass is 243 g/mol. The lowest BCUT2D eigenvalue weighted by Crippen LogP contribution is -2.34. The number of rotatable bonds is 6. The molecule has 0 saturated carbocycles. The third-order valence-electron chi connectivity index (χ3n) is 2.45. The summed E-state index contributed by atoms with van der Waals surface area (Å²) in [5.41, 5.74) is -0.609. The van der Waals surface area contributed by atoms with Crippen LogP contribution in [0.4, 0.5) is 4.79 Å². The Morgan fingerprint density at radius 1 is 1.41 bits per heavy atom. The molecule has 0 aromatic rings. The molecule has 0 aliphatic heterocycles. The maximum absolute atomic E-state index is 11.4. The number of ether oxygens (including phenoxy) is 2. The van der Waals surface area contributed by atoms with Gasteiger partial charge in [-0.05, 0) is 20.3 Å². The van der Waals surface area contributed by atoms with Crippen LogP contribution in [-0.4, -0.2) is 44.3 Å². The molecule has 0 aromatic heterocycles. The van der Waals surface area contributed by atoms with Crippen LogP contribution in [0.1, 0.15) is 20.3 Å². The molecule has 0 atom stereocenters. The molecule has 17 heavy (non-hydrogen) atoms. The summed E-state index contributed by atoms with van der Waals surface area (Å²) in [6.07, 6.45) is 1.59. The van der Waals surface area contributed by atoms with Crippen LogP contribution in [0.5, 0.6) is 0 Å². The molecule has 0 saturated heterocycles. The lowest BCUT2D eigenvalue weighted by atomic mass is 9.89. The second-order valence-corrected chi connectivity index (χ2v) is 4.41. The summed E-state index contributed by atoms with van der Waals surface area (Å²) >= 11 is 0. The van der Waals surface area contributed by atoms with E-state index in [1.165, 1.54) is 18.1 Å². The zero-order valence-electron chi connectivity index (χ0n) is 11.0. The molecule has 0 heterocycles. The molecule has 0 radical (unpaired) electrons. The van der Waals surface area contributed by atoms with E-state index in [0.717, 1.165) is 0 Å². The average molecular weight is 243 g/mol. The fraction of sp³-hybridized carbons (Fsp3) is 0.667. The first kappa shape index (κ1) is 15.5. The van der Waals surface area contributed by atoms with Gasteiger partial charge in [0.1, 0.15) is 6.61 Å². The van der Waals surface area contributed by atoms with Gasteiger partial charge in [0.25, 0.3) is 0 Å². The van der Waals surface area contributed by atoms with E-state index in [-0.39, 0.29) is 12.6 Å². The van der Waals surface area contributed by atoms with Crippen molar-refractivity contribution in [1.29, 1.82) is 0 Å². The topological polar surface area (TPSA) is 55.8 Å². The van der Waals surface area contributed by atoms with Crippen LogP contribution in [0, 0.1) is 5.41 Å². The molecule has 0 N–H and O–H groups in total. The summed E-state index contributed by atoms with van der Waals surface area (Å²) < 4.78 is 9.54. The average Bonchev–Trinajstić information content (AvgIpc) is 2.31. The Bertz CT molecular complexity index is 286. The van der Waals surface area contributed by atoms with Gasteiger partial charge in [0.15, 0.2) is 0 Å². The number of methoxy groups -OCH3 is 1. The second kappa shape index (κ2) is 6.93. The minimum Gasteiger partial charge on any atom is -0.469 e. The van der Waals surface area contributed by atoms with E-state index in [2.05, 4.69) is 11.3 Å². The van der Waals surface area contributed by atoms with Crippen molar-refractivity contribution in [2.45, 2.75) is 20.3 Å². The quantitative estimate of drug-likeness (QED) is 0.527. The fourth-order valence-corrected chi connectivity index (χ4v) is 1.16. The summed E-state index contributed by atoms with van der Waals surface area (Å²) in [6.45, 7) is 7.63. The van der Waals surface area contributed by atoms with E-state index >= 15 is 0 Å². The van der Waals surface area contributed by atoms with Gasteiger partial charge in [0.05, 0.1) is 12.5 Å². The third kappa shape index (κ3) is 5.38. The maximum Gasteiger partial charge on any atom is 0.409 e. The Balaban J connectivity index is 4.14. The molecule has 0 aromatic carbocycles. The Hall–Kier alpha value is -1.52. The van der Waals surface area contributed by atoms with Crippen molar-refractivity contribution in [2.24, 2.45) is 5.41 Å². The second-order valence-electron chi connectivity index (χ2n) is 4.41. The summed E-state index contributed by atoms with van der Waals surface area (Å²) in [6, 6.07) is 0. The number of hydrogen-bond donors (Lipinski definition) is 0. The zero-order chi connectivity index (χ0) is 13.5. The highest BCUT2D eigenvalue weighted by Gasteiger charge is 2.29. The first-order valence-electron chi connectivity index (χ1n) is 5.42. The van der Waals surface area contributed by atoms with Crippen LogP contribution in [0.25, 0.3) is 0 Å². The van der Waals surface area contributed by atoms with Crippen molar-refractivity contribution >= 4 is 12.1 Å². The van der Waals surface area contributed by atoms with Gasteiger partial charge in [-0.25, -0.2) is 4.79 Å². The van der Waals surface area contributed by atoms with Crippen molar-refractivity contribution in [3.63, 3.8) is 0 Å². The molecule has 98 valence electrons.